The van der Waals surface area contributed by atoms with E-state index in [1.54, 1.807) is 37.5 Å². The number of nitrogens with one attached hydrogen (secondary N) is 1. The minimum atomic E-state index is -4.02. The van der Waals surface area contributed by atoms with Gasteiger partial charge in [0.2, 0.25) is 10.0 Å². The molecule has 1 aromatic carbocycles. The van der Waals surface area contributed by atoms with Gasteiger partial charge in [0.15, 0.2) is 0 Å². The molecule has 0 fully saturated rings. The minimum Gasteiger partial charge on any atom is -0.393 e. The Morgan fingerprint density at radius 3 is 2.74 bits per heavy atom. The van der Waals surface area contributed by atoms with E-state index in [1.165, 1.54) is 35.3 Å². The molecule has 10 nitrogen and oxygen atoms in total. The summed E-state index contributed by atoms with van der Waals surface area (Å²) in [6.45, 7) is 1.08. The Labute approximate surface area is 233 Å². The van der Waals surface area contributed by atoms with E-state index in [-0.39, 0.29) is 21.4 Å². The maximum Gasteiger partial charge on any atom is 0.244 e. The van der Waals surface area contributed by atoms with Gasteiger partial charge < -0.3 is 15.9 Å². The summed E-state index contributed by atoms with van der Waals surface area (Å²) in [7, 11) is -2.39. The highest BCUT2D eigenvalue weighted by Crippen LogP contribution is 2.40. The van der Waals surface area contributed by atoms with Crippen molar-refractivity contribution in [3.8, 4) is 11.3 Å². The first kappa shape index (κ1) is 27.2. The van der Waals surface area contributed by atoms with Crippen LogP contribution in [0.5, 0.6) is 0 Å². The van der Waals surface area contributed by atoms with E-state index in [2.05, 4.69) is 19.8 Å². The van der Waals surface area contributed by atoms with Gasteiger partial charge in [-0.3, -0.25) is 9.67 Å². The summed E-state index contributed by atoms with van der Waals surface area (Å²) in [5.74, 6) is 0.193. The van der Waals surface area contributed by atoms with Crippen LogP contribution in [0.4, 0.5) is 5.82 Å². The van der Waals surface area contributed by atoms with E-state index in [9.17, 15) is 18.6 Å². The van der Waals surface area contributed by atoms with Gasteiger partial charge in [-0.1, -0.05) is 29.8 Å². The smallest absolute Gasteiger partial charge is 0.244 e. The molecule has 2 atom stereocenters. The van der Waals surface area contributed by atoms with Gasteiger partial charge in [-0.2, -0.15) is 9.82 Å². The Morgan fingerprint density at radius 2 is 2.03 bits per heavy atom. The number of nitrogen functional groups attached to an aromatic ring is 1. The van der Waals surface area contributed by atoms with Gasteiger partial charge in [-0.15, -0.1) is 11.3 Å². The van der Waals surface area contributed by atoms with E-state index in [1.807, 2.05) is 24.3 Å². The summed E-state index contributed by atoms with van der Waals surface area (Å²) in [6.07, 6.45) is 4.23. The molecular weight excluding hydrogens is 560 g/mol. The number of aliphatic hydroxyl groups excluding tert-OH is 1. The first-order chi connectivity index (χ1) is 18.5. The van der Waals surface area contributed by atoms with Crippen LogP contribution in [0, 0.1) is 0 Å². The largest absolute Gasteiger partial charge is 0.393 e. The van der Waals surface area contributed by atoms with Gasteiger partial charge in [0.05, 0.1) is 35.3 Å². The summed E-state index contributed by atoms with van der Waals surface area (Å²) < 4.78 is 31.7. The number of nitrogens with zero attached hydrogens (tertiary/aromatic N) is 4. The third kappa shape index (κ3) is 5.39. The number of pyridine rings is 2. The van der Waals surface area contributed by atoms with Gasteiger partial charge in [0.25, 0.3) is 0 Å². The second-order valence-electron chi connectivity index (χ2n) is 9.24. The van der Waals surface area contributed by atoms with Crippen LogP contribution in [-0.2, 0) is 22.7 Å². The SMILES string of the molecule is Cn1cc(S(=O)(=O)NC(c2cc3cccc(-c4cc(C(C)(O)CO)ccn4)c3s2)c2nc(N)ccc2Cl)cn1. The fourth-order valence-corrected chi connectivity index (χ4v) is 6.81. The maximum absolute atomic E-state index is 13.3. The number of rotatable bonds is 8. The monoisotopic (exact) mass is 584 g/mol. The van der Waals surface area contributed by atoms with Crippen LogP contribution in [0.15, 0.2) is 72.0 Å². The lowest BCUT2D eigenvalue weighted by molar-refractivity contribution is -0.00230. The van der Waals surface area contributed by atoms with Gasteiger partial charge in [0.1, 0.15) is 16.3 Å². The van der Waals surface area contributed by atoms with Crippen molar-refractivity contribution in [3.05, 3.63) is 88.3 Å². The Morgan fingerprint density at radius 1 is 1.23 bits per heavy atom. The molecule has 0 spiro atoms. The van der Waals surface area contributed by atoms with Crippen molar-refractivity contribution in [1.82, 2.24) is 24.5 Å². The quantitative estimate of drug-likeness (QED) is 0.215. The van der Waals surface area contributed by atoms with Crippen LogP contribution in [-0.4, -0.2) is 45.0 Å². The zero-order valence-electron chi connectivity index (χ0n) is 20.9. The summed E-state index contributed by atoms with van der Waals surface area (Å²) in [4.78, 5) is 9.48. The number of sulfonamides is 1. The zero-order valence-corrected chi connectivity index (χ0v) is 23.3. The zero-order chi connectivity index (χ0) is 27.9. The number of thiophene rings is 1. The lowest BCUT2D eigenvalue weighted by atomic mass is 9.96. The number of benzene rings is 1. The van der Waals surface area contributed by atoms with Crippen molar-refractivity contribution in [2.75, 3.05) is 12.3 Å². The molecule has 0 aliphatic rings. The highest BCUT2D eigenvalue weighted by atomic mass is 35.5. The highest BCUT2D eigenvalue weighted by molar-refractivity contribution is 7.89. The number of anilines is 1. The molecule has 0 radical (unpaired) electrons. The van der Waals surface area contributed by atoms with E-state index in [0.717, 1.165) is 15.6 Å². The molecule has 0 saturated carbocycles. The van der Waals surface area contributed by atoms with Crippen LogP contribution in [0.25, 0.3) is 21.3 Å². The molecule has 0 aliphatic carbocycles. The van der Waals surface area contributed by atoms with E-state index < -0.39 is 28.3 Å². The third-order valence-electron chi connectivity index (χ3n) is 6.25. The molecule has 0 bridgehead atoms. The van der Waals surface area contributed by atoms with Crippen molar-refractivity contribution in [1.29, 1.82) is 0 Å². The Hall–Kier alpha value is -3.39. The second kappa shape index (κ2) is 10.3. The van der Waals surface area contributed by atoms with Gasteiger partial charge in [-0.25, -0.2) is 13.4 Å². The number of fused-ring (bicyclic) bond motifs is 1. The summed E-state index contributed by atoms with van der Waals surface area (Å²) in [5.41, 5.74) is 6.67. The number of aromatic nitrogens is 4. The number of nitrogens with two attached hydrogens (primary N) is 1. The maximum atomic E-state index is 13.3. The average Bonchev–Trinajstić information content (AvgIpc) is 3.55. The van der Waals surface area contributed by atoms with Gasteiger partial charge >= 0.3 is 0 Å². The molecule has 0 saturated heterocycles. The normalized spacial score (nSPS) is 14.4. The highest BCUT2D eigenvalue weighted by Gasteiger charge is 2.29. The molecule has 0 aliphatic heterocycles. The number of aliphatic hydroxyl groups is 2. The Kier molecular flexibility index (Phi) is 7.18. The van der Waals surface area contributed by atoms with Crippen LogP contribution >= 0.6 is 22.9 Å². The predicted octanol–water partition coefficient (Wildman–Crippen LogP) is 3.60. The standard InChI is InChI=1S/C26H25ClN6O4S2/c1-26(35,14-34)16-8-9-29-20(11-16)18-5-3-4-15-10-21(38-25(15)18)24(23-19(27)6-7-22(28)31-23)32-39(36,37)17-12-30-33(2)13-17/h3-13,24,32,34-35H,14H2,1-2H3,(H2,28,31). The van der Waals surface area contributed by atoms with Crippen LogP contribution in [0.1, 0.15) is 29.1 Å². The van der Waals surface area contributed by atoms with Crippen LogP contribution in [0.3, 0.4) is 0 Å². The van der Waals surface area contributed by atoms with E-state index in [0.29, 0.717) is 16.1 Å². The number of aryl methyl sites for hydroxylation is 1. The number of halogens is 1. The van der Waals surface area contributed by atoms with E-state index in [4.69, 9.17) is 17.3 Å². The molecule has 0 amide bonds. The first-order valence-electron chi connectivity index (χ1n) is 11.7. The molecule has 4 heterocycles. The fourth-order valence-electron chi connectivity index (χ4n) is 4.12. The molecule has 202 valence electrons. The molecule has 39 heavy (non-hydrogen) atoms. The van der Waals surface area contributed by atoms with Crippen molar-refractivity contribution in [3.63, 3.8) is 0 Å². The number of hydrogen-bond acceptors (Lipinski definition) is 9. The van der Waals surface area contributed by atoms with Crippen molar-refractivity contribution in [2.24, 2.45) is 7.05 Å². The average molecular weight is 585 g/mol. The second-order valence-corrected chi connectivity index (χ2v) is 12.4. The van der Waals surface area contributed by atoms with E-state index >= 15 is 0 Å². The predicted molar refractivity (Wildman–Crippen MR) is 151 cm³/mol. The molecule has 13 heteroatoms. The summed E-state index contributed by atoms with van der Waals surface area (Å²) >= 11 is 7.86. The summed E-state index contributed by atoms with van der Waals surface area (Å²) in [5, 5.41) is 25.2. The minimum absolute atomic E-state index is 0.00576. The van der Waals surface area contributed by atoms with Crippen LogP contribution < -0.4 is 10.5 Å². The number of hydrogen-bond donors (Lipinski definition) is 4. The molecule has 5 rings (SSSR count). The molecule has 5 N–H and O–H groups in total. The molecule has 5 aromatic rings. The van der Waals surface area contributed by atoms with Crippen molar-refractivity contribution in [2.45, 2.75) is 23.5 Å². The summed E-state index contributed by atoms with van der Waals surface area (Å²) in [6, 6.07) is 13.1. The Bertz CT molecular complexity index is 1780. The third-order valence-corrected chi connectivity index (χ3v) is 9.19. The van der Waals surface area contributed by atoms with Crippen LogP contribution in [0.2, 0.25) is 5.02 Å². The van der Waals surface area contributed by atoms with Gasteiger partial charge in [0, 0.05) is 34.6 Å². The molecule has 4 aromatic heterocycles. The topological polar surface area (TPSA) is 156 Å². The Balaban J connectivity index is 1.65. The lowest BCUT2D eigenvalue weighted by Gasteiger charge is -2.21. The van der Waals surface area contributed by atoms with Gasteiger partial charge in [-0.05, 0) is 48.2 Å². The molecular formula is C26H25ClN6O4S2. The van der Waals surface area contributed by atoms with Crippen molar-refractivity contribution < 1.29 is 18.6 Å². The molecule has 2 unspecified atom stereocenters. The van der Waals surface area contributed by atoms with Crippen molar-refractivity contribution >= 4 is 48.9 Å². The lowest BCUT2D eigenvalue weighted by Crippen LogP contribution is -2.29. The first-order valence-corrected chi connectivity index (χ1v) is 14.4. The fraction of sp³-hybridized carbons (Fsp3) is 0.192.